The van der Waals surface area contributed by atoms with Crippen LogP contribution in [-0.4, -0.2) is 13.6 Å². The van der Waals surface area contributed by atoms with E-state index in [-0.39, 0.29) is 0 Å². The summed E-state index contributed by atoms with van der Waals surface area (Å²) in [5.41, 5.74) is 2.91. The molecule has 0 unspecified atom stereocenters. The fraction of sp³-hybridized carbons (Fsp3) is 0.500. The van der Waals surface area contributed by atoms with Gasteiger partial charge in [-0.05, 0) is 44.3 Å². The van der Waals surface area contributed by atoms with E-state index in [9.17, 15) is 0 Å². The largest absolute Gasteiger partial charge is 0.319 e. The zero-order chi connectivity index (χ0) is 9.26. The molecule has 1 saturated carbocycles. The van der Waals surface area contributed by atoms with Crippen LogP contribution < -0.4 is 5.32 Å². The SMILES string of the molecule is CNC[C@@H]1C[C@H]1c1cccc(C)c1. The van der Waals surface area contributed by atoms with Gasteiger partial charge in [-0.15, -0.1) is 0 Å². The van der Waals surface area contributed by atoms with Crippen LogP contribution in [0.15, 0.2) is 24.3 Å². The lowest BCUT2D eigenvalue weighted by molar-refractivity contribution is 0.698. The molecule has 1 aliphatic rings. The fourth-order valence-corrected chi connectivity index (χ4v) is 2.04. The Morgan fingerprint density at radius 3 is 3.00 bits per heavy atom. The van der Waals surface area contributed by atoms with Gasteiger partial charge in [-0.1, -0.05) is 29.8 Å². The van der Waals surface area contributed by atoms with E-state index in [0.29, 0.717) is 0 Å². The molecule has 0 bridgehead atoms. The molecule has 0 saturated heterocycles. The Balaban J connectivity index is 2.03. The smallest absolute Gasteiger partial charge is 0.00175 e. The predicted molar refractivity (Wildman–Crippen MR) is 56.0 cm³/mol. The van der Waals surface area contributed by atoms with Crippen molar-refractivity contribution in [3.63, 3.8) is 0 Å². The van der Waals surface area contributed by atoms with Crippen molar-refractivity contribution >= 4 is 0 Å². The van der Waals surface area contributed by atoms with Crippen molar-refractivity contribution in [1.29, 1.82) is 0 Å². The van der Waals surface area contributed by atoms with Gasteiger partial charge >= 0.3 is 0 Å². The van der Waals surface area contributed by atoms with Crippen LogP contribution in [0, 0.1) is 12.8 Å². The Morgan fingerprint density at radius 2 is 2.31 bits per heavy atom. The van der Waals surface area contributed by atoms with Crippen LogP contribution in [0.25, 0.3) is 0 Å². The van der Waals surface area contributed by atoms with E-state index >= 15 is 0 Å². The minimum atomic E-state index is 0.826. The summed E-state index contributed by atoms with van der Waals surface area (Å²) in [6.07, 6.45) is 1.37. The average molecular weight is 175 g/mol. The van der Waals surface area contributed by atoms with E-state index in [0.717, 1.165) is 11.8 Å². The first-order valence-electron chi connectivity index (χ1n) is 5.02. The number of aryl methyl sites for hydroxylation is 1. The van der Waals surface area contributed by atoms with Gasteiger partial charge in [0.25, 0.3) is 0 Å². The maximum Gasteiger partial charge on any atom is -0.00175 e. The normalized spacial score (nSPS) is 26.0. The molecule has 0 heterocycles. The zero-order valence-electron chi connectivity index (χ0n) is 8.38. The molecule has 1 aromatic rings. The minimum Gasteiger partial charge on any atom is -0.319 e. The third-order valence-electron chi connectivity index (χ3n) is 2.86. The number of benzene rings is 1. The van der Waals surface area contributed by atoms with Gasteiger partial charge in [-0.25, -0.2) is 0 Å². The summed E-state index contributed by atoms with van der Waals surface area (Å²) >= 11 is 0. The van der Waals surface area contributed by atoms with Gasteiger partial charge in [0, 0.05) is 0 Å². The first-order chi connectivity index (χ1) is 6.31. The van der Waals surface area contributed by atoms with Crippen molar-refractivity contribution in [3.05, 3.63) is 35.4 Å². The standard InChI is InChI=1S/C12H17N/c1-9-4-3-5-10(6-9)12-7-11(12)8-13-2/h3-6,11-13H,7-8H2,1-2H3/t11-,12-/m0/s1. The molecule has 13 heavy (non-hydrogen) atoms. The summed E-state index contributed by atoms with van der Waals surface area (Å²) in [6, 6.07) is 8.91. The molecule has 0 amide bonds. The summed E-state index contributed by atoms with van der Waals surface area (Å²) < 4.78 is 0. The number of nitrogens with one attached hydrogen (secondary N) is 1. The Bertz CT molecular complexity index is 293. The van der Waals surface area contributed by atoms with E-state index in [1.807, 2.05) is 7.05 Å². The molecular formula is C12H17N. The van der Waals surface area contributed by atoms with Crippen LogP contribution in [0.5, 0.6) is 0 Å². The van der Waals surface area contributed by atoms with Crippen molar-refractivity contribution in [2.75, 3.05) is 13.6 Å². The second kappa shape index (κ2) is 3.51. The van der Waals surface area contributed by atoms with Crippen LogP contribution in [0.3, 0.4) is 0 Å². The van der Waals surface area contributed by atoms with Gasteiger partial charge in [-0.2, -0.15) is 0 Å². The minimum absolute atomic E-state index is 0.826. The molecule has 1 fully saturated rings. The molecule has 0 aliphatic heterocycles. The maximum atomic E-state index is 3.24. The molecule has 1 nitrogen and oxygen atoms in total. The van der Waals surface area contributed by atoms with Crippen molar-refractivity contribution in [2.24, 2.45) is 5.92 Å². The molecule has 0 radical (unpaired) electrons. The van der Waals surface area contributed by atoms with Crippen LogP contribution in [0.2, 0.25) is 0 Å². The van der Waals surface area contributed by atoms with Gasteiger partial charge in [0.15, 0.2) is 0 Å². The van der Waals surface area contributed by atoms with Crippen LogP contribution >= 0.6 is 0 Å². The van der Waals surface area contributed by atoms with Gasteiger partial charge in [0.2, 0.25) is 0 Å². The molecule has 2 rings (SSSR count). The third-order valence-corrected chi connectivity index (χ3v) is 2.86. The lowest BCUT2D eigenvalue weighted by Gasteiger charge is -2.01. The zero-order valence-corrected chi connectivity index (χ0v) is 8.38. The van der Waals surface area contributed by atoms with Gasteiger partial charge in [0.05, 0.1) is 0 Å². The topological polar surface area (TPSA) is 12.0 Å². The summed E-state index contributed by atoms with van der Waals surface area (Å²) in [6.45, 7) is 3.33. The highest BCUT2D eigenvalue weighted by Crippen LogP contribution is 2.46. The van der Waals surface area contributed by atoms with Crippen molar-refractivity contribution in [3.8, 4) is 0 Å². The third kappa shape index (κ3) is 1.92. The highest BCUT2D eigenvalue weighted by Gasteiger charge is 2.37. The molecule has 70 valence electrons. The molecule has 0 aromatic heterocycles. The Kier molecular flexibility index (Phi) is 2.36. The predicted octanol–water partition coefficient (Wildman–Crippen LogP) is 2.32. The molecule has 0 spiro atoms. The van der Waals surface area contributed by atoms with E-state index in [4.69, 9.17) is 0 Å². The monoisotopic (exact) mass is 175 g/mol. The average Bonchev–Trinajstić information content (AvgIpc) is 2.85. The first kappa shape index (κ1) is 8.76. The molecular weight excluding hydrogens is 158 g/mol. The van der Waals surface area contributed by atoms with Crippen molar-refractivity contribution < 1.29 is 0 Å². The number of hydrogen-bond acceptors (Lipinski definition) is 1. The summed E-state index contributed by atoms with van der Waals surface area (Å²) in [5.74, 6) is 1.71. The lowest BCUT2D eigenvalue weighted by Crippen LogP contribution is -2.10. The summed E-state index contributed by atoms with van der Waals surface area (Å²) in [7, 11) is 2.03. The Hall–Kier alpha value is -0.820. The second-order valence-corrected chi connectivity index (χ2v) is 4.07. The van der Waals surface area contributed by atoms with E-state index < -0.39 is 0 Å². The fourth-order valence-electron chi connectivity index (χ4n) is 2.04. The molecule has 1 aliphatic carbocycles. The van der Waals surface area contributed by atoms with E-state index in [1.165, 1.54) is 24.1 Å². The van der Waals surface area contributed by atoms with Gasteiger partial charge in [-0.3, -0.25) is 0 Å². The highest BCUT2D eigenvalue weighted by molar-refractivity contribution is 5.29. The first-order valence-corrected chi connectivity index (χ1v) is 5.02. The Morgan fingerprint density at radius 1 is 1.46 bits per heavy atom. The quantitative estimate of drug-likeness (QED) is 0.743. The number of hydrogen-bond donors (Lipinski definition) is 1. The van der Waals surface area contributed by atoms with Crippen LogP contribution in [-0.2, 0) is 0 Å². The summed E-state index contributed by atoms with van der Waals surface area (Å²) in [5, 5.41) is 3.24. The van der Waals surface area contributed by atoms with Gasteiger partial charge in [0.1, 0.15) is 0 Å². The molecule has 1 aromatic carbocycles. The highest BCUT2D eigenvalue weighted by atomic mass is 14.8. The van der Waals surface area contributed by atoms with E-state index in [2.05, 4.69) is 36.5 Å². The molecule has 1 heteroatoms. The molecule has 1 N–H and O–H groups in total. The lowest BCUT2D eigenvalue weighted by atomic mass is 10.1. The van der Waals surface area contributed by atoms with E-state index in [1.54, 1.807) is 0 Å². The van der Waals surface area contributed by atoms with Gasteiger partial charge < -0.3 is 5.32 Å². The maximum absolute atomic E-state index is 3.24. The van der Waals surface area contributed by atoms with Crippen LogP contribution in [0.4, 0.5) is 0 Å². The summed E-state index contributed by atoms with van der Waals surface area (Å²) in [4.78, 5) is 0. The number of rotatable bonds is 3. The second-order valence-electron chi connectivity index (χ2n) is 4.07. The Labute approximate surface area is 80.2 Å². The van der Waals surface area contributed by atoms with Crippen LogP contribution in [0.1, 0.15) is 23.5 Å². The van der Waals surface area contributed by atoms with Crippen molar-refractivity contribution in [2.45, 2.75) is 19.3 Å². The van der Waals surface area contributed by atoms with Crippen molar-refractivity contribution in [1.82, 2.24) is 5.32 Å². The molecule has 2 atom stereocenters.